The van der Waals surface area contributed by atoms with E-state index in [-0.39, 0.29) is 5.96 Å². The molecule has 1 saturated heterocycles. The molecule has 1 heterocycles. The third-order valence-electron chi connectivity index (χ3n) is 1.33. The van der Waals surface area contributed by atoms with Gasteiger partial charge in [0, 0.05) is 26.2 Å². The molecule has 0 spiro atoms. The van der Waals surface area contributed by atoms with Gasteiger partial charge in [-0.25, -0.2) is 10.3 Å². The summed E-state index contributed by atoms with van der Waals surface area (Å²) in [6.07, 6.45) is 0. The second-order valence-electron chi connectivity index (χ2n) is 2.18. The number of nitrogens with zero attached hydrogens (tertiary/aromatic N) is 2. The summed E-state index contributed by atoms with van der Waals surface area (Å²) in [7, 11) is 0. The molecular formula is C5H12N5. The van der Waals surface area contributed by atoms with Crippen LogP contribution in [-0.2, 0) is 0 Å². The lowest BCUT2D eigenvalue weighted by Crippen LogP contribution is -2.52. The number of piperazine rings is 1. The summed E-state index contributed by atoms with van der Waals surface area (Å²) in [6.45, 7) is 3.36. The number of nitrogens with two attached hydrogens (primary N) is 1. The summed E-state index contributed by atoms with van der Waals surface area (Å²) in [5, 5.41) is 13.0. The fourth-order valence-electron chi connectivity index (χ4n) is 0.889. The van der Waals surface area contributed by atoms with Crippen molar-refractivity contribution >= 4 is 5.96 Å². The number of hydrazine groups is 1. The number of hydrogen-bond donors (Lipinski definition) is 3. The van der Waals surface area contributed by atoms with Gasteiger partial charge in [0.15, 0.2) is 0 Å². The molecule has 0 aromatic heterocycles. The predicted molar refractivity (Wildman–Crippen MR) is 38.5 cm³/mol. The standard InChI is InChI=1S/C5H12N5/c6-5(7)9-10-3-1-8-2-4-10/h1-4H2,(H4,6,7,9). The number of guanidine groups is 1. The molecule has 1 aliphatic heterocycles. The Hall–Kier alpha value is -0.810. The van der Waals surface area contributed by atoms with Gasteiger partial charge in [0.25, 0.3) is 0 Å². The van der Waals surface area contributed by atoms with Gasteiger partial charge in [-0.2, -0.15) is 0 Å². The Balaban J connectivity index is 2.19. The SMILES string of the molecule is N=C(N)NN1CC[N]CC1. The topological polar surface area (TPSA) is 79.2 Å². The highest BCUT2D eigenvalue weighted by Gasteiger charge is 2.08. The van der Waals surface area contributed by atoms with E-state index in [0.717, 1.165) is 26.2 Å². The van der Waals surface area contributed by atoms with Crippen molar-refractivity contribution < 1.29 is 0 Å². The van der Waals surface area contributed by atoms with Crippen LogP contribution in [-0.4, -0.2) is 37.1 Å². The zero-order valence-corrected chi connectivity index (χ0v) is 5.80. The van der Waals surface area contributed by atoms with Crippen molar-refractivity contribution in [3.8, 4) is 0 Å². The third-order valence-corrected chi connectivity index (χ3v) is 1.33. The van der Waals surface area contributed by atoms with Gasteiger partial charge in [0.2, 0.25) is 5.96 Å². The molecule has 0 unspecified atom stereocenters. The predicted octanol–water partition coefficient (Wildman–Crippen LogP) is -1.70. The monoisotopic (exact) mass is 142 g/mol. The summed E-state index contributed by atoms with van der Waals surface area (Å²) in [4.78, 5) is 0. The second kappa shape index (κ2) is 3.38. The maximum Gasteiger partial charge on any atom is 0.200 e. The zero-order valence-electron chi connectivity index (χ0n) is 5.80. The van der Waals surface area contributed by atoms with E-state index in [0.29, 0.717) is 0 Å². The van der Waals surface area contributed by atoms with Gasteiger partial charge < -0.3 is 5.73 Å². The molecular weight excluding hydrogens is 130 g/mol. The number of nitrogens with one attached hydrogen (secondary N) is 2. The Morgan fingerprint density at radius 1 is 1.50 bits per heavy atom. The summed E-state index contributed by atoms with van der Waals surface area (Å²) >= 11 is 0. The van der Waals surface area contributed by atoms with Crippen molar-refractivity contribution in [1.29, 1.82) is 5.41 Å². The Bertz CT molecular complexity index is 117. The molecule has 0 amide bonds. The molecule has 4 N–H and O–H groups in total. The van der Waals surface area contributed by atoms with E-state index < -0.39 is 0 Å². The van der Waals surface area contributed by atoms with Crippen molar-refractivity contribution in [2.75, 3.05) is 26.2 Å². The van der Waals surface area contributed by atoms with Crippen LogP contribution in [0.3, 0.4) is 0 Å². The van der Waals surface area contributed by atoms with Crippen molar-refractivity contribution in [2.24, 2.45) is 5.73 Å². The first-order chi connectivity index (χ1) is 4.79. The molecule has 57 valence electrons. The van der Waals surface area contributed by atoms with Crippen LogP contribution >= 0.6 is 0 Å². The Morgan fingerprint density at radius 3 is 2.60 bits per heavy atom. The van der Waals surface area contributed by atoms with Crippen LogP contribution in [0.1, 0.15) is 0 Å². The first-order valence-electron chi connectivity index (χ1n) is 3.28. The molecule has 10 heavy (non-hydrogen) atoms. The maximum absolute atomic E-state index is 6.92. The van der Waals surface area contributed by atoms with Crippen LogP contribution in [0, 0.1) is 5.41 Å². The van der Waals surface area contributed by atoms with Crippen LogP contribution in [0.5, 0.6) is 0 Å². The number of hydrogen-bond acceptors (Lipinski definition) is 2. The fraction of sp³-hybridized carbons (Fsp3) is 0.800. The van der Waals surface area contributed by atoms with E-state index in [4.69, 9.17) is 11.1 Å². The van der Waals surface area contributed by atoms with E-state index >= 15 is 0 Å². The average molecular weight is 142 g/mol. The van der Waals surface area contributed by atoms with Crippen molar-refractivity contribution in [1.82, 2.24) is 15.8 Å². The number of rotatable bonds is 1. The molecule has 0 saturated carbocycles. The van der Waals surface area contributed by atoms with Crippen LogP contribution in [0.15, 0.2) is 0 Å². The van der Waals surface area contributed by atoms with Crippen LogP contribution in [0.4, 0.5) is 0 Å². The molecule has 0 aromatic carbocycles. The van der Waals surface area contributed by atoms with E-state index in [1.54, 1.807) is 0 Å². The summed E-state index contributed by atoms with van der Waals surface area (Å²) in [5.74, 6) is 0.00176. The van der Waals surface area contributed by atoms with E-state index in [2.05, 4.69) is 10.7 Å². The summed E-state index contributed by atoms with van der Waals surface area (Å²) < 4.78 is 0. The first-order valence-corrected chi connectivity index (χ1v) is 3.28. The molecule has 1 rings (SSSR count). The van der Waals surface area contributed by atoms with Crippen molar-refractivity contribution in [3.63, 3.8) is 0 Å². The van der Waals surface area contributed by atoms with Crippen LogP contribution in [0.2, 0.25) is 0 Å². The van der Waals surface area contributed by atoms with Crippen molar-refractivity contribution in [2.45, 2.75) is 0 Å². The minimum Gasteiger partial charge on any atom is -0.369 e. The molecule has 5 nitrogen and oxygen atoms in total. The normalized spacial score (nSPS) is 20.4. The highest BCUT2D eigenvalue weighted by molar-refractivity contribution is 5.73. The largest absolute Gasteiger partial charge is 0.369 e. The fourth-order valence-corrected chi connectivity index (χ4v) is 0.889. The second-order valence-corrected chi connectivity index (χ2v) is 2.18. The highest BCUT2D eigenvalue weighted by atomic mass is 15.5. The van der Waals surface area contributed by atoms with Gasteiger partial charge in [-0.15, -0.1) is 0 Å². The molecule has 1 fully saturated rings. The highest BCUT2D eigenvalue weighted by Crippen LogP contribution is 1.86. The van der Waals surface area contributed by atoms with E-state index in [1.165, 1.54) is 0 Å². The van der Waals surface area contributed by atoms with Crippen LogP contribution in [0.25, 0.3) is 0 Å². The van der Waals surface area contributed by atoms with Gasteiger partial charge in [-0.3, -0.25) is 10.8 Å². The molecule has 0 aliphatic carbocycles. The third kappa shape index (κ3) is 2.20. The van der Waals surface area contributed by atoms with Gasteiger partial charge >= 0.3 is 0 Å². The molecule has 1 aliphatic rings. The van der Waals surface area contributed by atoms with E-state index in [1.807, 2.05) is 5.01 Å². The maximum atomic E-state index is 6.92. The van der Waals surface area contributed by atoms with Gasteiger partial charge in [0.05, 0.1) is 0 Å². The van der Waals surface area contributed by atoms with Gasteiger partial charge in [0.1, 0.15) is 0 Å². The lowest BCUT2D eigenvalue weighted by Gasteiger charge is -2.26. The minimum atomic E-state index is 0.00176. The molecule has 5 heteroatoms. The van der Waals surface area contributed by atoms with Gasteiger partial charge in [-0.1, -0.05) is 0 Å². The Kier molecular flexibility index (Phi) is 2.47. The van der Waals surface area contributed by atoms with Gasteiger partial charge in [-0.05, 0) is 0 Å². The summed E-state index contributed by atoms with van der Waals surface area (Å²) in [6, 6.07) is 0. The summed E-state index contributed by atoms with van der Waals surface area (Å²) in [5.41, 5.74) is 7.84. The Morgan fingerprint density at radius 2 is 2.10 bits per heavy atom. The quantitative estimate of drug-likeness (QED) is 0.302. The molecule has 0 aromatic rings. The minimum absolute atomic E-state index is 0.00176. The first kappa shape index (κ1) is 7.30. The van der Waals surface area contributed by atoms with E-state index in [9.17, 15) is 0 Å². The lowest BCUT2D eigenvalue weighted by atomic mass is 10.4. The van der Waals surface area contributed by atoms with Crippen molar-refractivity contribution in [3.05, 3.63) is 0 Å². The molecule has 0 bridgehead atoms. The average Bonchev–Trinajstić information content (AvgIpc) is 1.88. The lowest BCUT2D eigenvalue weighted by molar-refractivity contribution is 0.202. The molecule has 0 atom stereocenters. The smallest absolute Gasteiger partial charge is 0.200 e. The van der Waals surface area contributed by atoms with Crippen LogP contribution < -0.4 is 16.5 Å². The molecule has 1 radical (unpaired) electrons. The zero-order chi connectivity index (χ0) is 7.40. The Labute approximate surface area is 60.0 Å².